The highest BCUT2D eigenvalue weighted by Crippen LogP contribution is 2.54. The quantitative estimate of drug-likeness (QED) is 0.821. The van der Waals surface area contributed by atoms with E-state index in [2.05, 4.69) is 5.32 Å². The Morgan fingerprint density at radius 1 is 0.842 bits per heavy atom. The summed E-state index contributed by atoms with van der Waals surface area (Å²) in [5.41, 5.74) is 0.821. The Morgan fingerprint density at radius 2 is 1.74 bits per heavy atom. The summed E-state index contributed by atoms with van der Waals surface area (Å²) in [6.45, 7) is 2.29. The average Bonchev–Trinajstić information content (AvgIpc) is 3.23. The molecule has 1 N–H and O–H groups in total. The van der Waals surface area contributed by atoms with Crippen molar-refractivity contribution >= 4 is 0 Å². The number of ether oxygens (including phenoxy) is 1. The van der Waals surface area contributed by atoms with E-state index in [0.29, 0.717) is 11.1 Å². The molecule has 2 saturated carbocycles. The topological polar surface area (TPSA) is 21.3 Å². The van der Waals surface area contributed by atoms with Gasteiger partial charge in [-0.05, 0) is 76.2 Å². The minimum absolute atomic E-state index is 0.318. The minimum atomic E-state index is 0.318. The summed E-state index contributed by atoms with van der Waals surface area (Å²) in [6.07, 6.45) is 15.4. The molecule has 0 bridgehead atoms. The van der Waals surface area contributed by atoms with Crippen molar-refractivity contribution in [2.45, 2.75) is 81.8 Å². The lowest BCUT2D eigenvalue weighted by molar-refractivity contribution is -0.156. The van der Waals surface area contributed by atoms with Crippen LogP contribution >= 0.6 is 0 Å². The lowest BCUT2D eigenvalue weighted by Crippen LogP contribution is -2.58. The van der Waals surface area contributed by atoms with Crippen LogP contribution in [0.15, 0.2) is 0 Å². The molecule has 2 aliphatic heterocycles. The summed E-state index contributed by atoms with van der Waals surface area (Å²) in [4.78, 5) is 0. The first-order chi connectivity index (χ1) is 9.33. The van der Waals surface area contributed by atoms with Gasteiger partial charge in [0.25, 0.3) is 0 Å². The van der Waals surface area contributed by atoms with Crippen LogP contribution in [0.2, 0.25) is 0 Å². The van der Waals surface area contributed by atoms with Crippen LogP contribution in [0, 0.1) is 11.8 Å². The highest BCUT2D eigenvalue weighted by atomic mass is 16.5. The Kier molecular flexibility index (Phi) is 3.15. The van der Waals surface area contributed by atoms with E-state index in [1.807, 2.05) is 0 Å². The van der Waals surface area contributed by atoms with Crippen molar-refractivity contribution in [3.05, 3.63) is 0 Å². The number of hydrogen-bond acceptors (Lipinski definition) is 2. The third-order valence-electron chi connectivity index (χ3n) is 6.51. The van der Waals surface area contributed by atoms with E-state index >= 15 is 0 Å². The molecule has 0 aromatic carbocycles. The lowest BCUT2D eigenvalue weighted by atomic mass is 9.64. The van der Waals surface area contributed by atoms with Gasteiger partial charge in [-0.3, -0.25) is 0 Å². The van der Waals surface area contributed by atoms with Crippen molar-refractivity contribution in [2.24, 2.45) is 11.8 Å². The molecule has 4 rings (SSSR count). The second-order valence-corrected chi connectivity index (χ2v) is 7.63. The second-order valence-electron chi connectivity index (χ2n) is 7.63. The summed E-state index contributed by atoms with van der Waals surface area (Å²) in [5.74, 6) is 1.89. The maximum atomic E-state index is 6.17. The molecule has 2 atom stereocenters. The highest BCUT2D eigenvalue weighted by Gasteiger charge is 2.54. The van der Waals surface area contributed by atoms with Gasteiger partial charge in [0.1, 0.15) is 0 Å². The van der Waals surface area contributed by atoms with Crippen molar-refractivity contribution in [2.75, 3.05) is 13.2 Å². The van der Waals surface area contributed by atoms with Crippen LogP contribution in [-0.2, 0) is 4.74 Å². The predicted octanol–water partition coefficient (Wildman–Crippen LogP) is 3.65. The van der Waals surface area contributed by atoms with Crippen molar-refractivity contribution in [1.82, 2.24) is 5.32 Å². The van der Waals surface area contributed by atoms with Gasteiger partial charge in [-0.15, -0.1) is 0 Å². The molecule has 2 heterocycles. The van der Waals surface area contributed by atoms with Gasteiger partial charge in [0.05, 0.1) is 5.60 Å². The monoisotopic (exact) mass is 263 g/mol. The standard InChI is InChI=1S/C17H29NO/c1-2-10-17(14-5-6-14,18-11-3-1)15-7-12-19-16(13-15)8-4-9-16/h14-15,18H,1-13H2. The van der Waals surface area contributed by atoms with Crippen molar-refractivity contribution in [3.8, 4) is 0 Å². The van der Waals surface area contributed by atoms with Gasteiger partial charge in [0.2, 0.25) is 0 Å². The first-order valence-electron chi connectivity index (χ1n) is 8.72. The second kappa shape index (κ2) is 4.73. The van der Waals surface area contributed by atoms with E-state index in [0.717, 1.165) is 18.4 Å². The van der Waals surface area contributed by atoms with Crippen LogP contribution in [0.3, 0.4) is 0 Å². The van der Waals surface area contributed by atoms with Crippen LogP contribution in [0.25, 0.3) is 0 Å². The fourth-order valence-corrected chi connectivity index (χ4v) is 5.14. The highest BCUT2D eigenvalue weighted by molar-refractivity contribution is 5.09. The Morgan fingerprint density at radius 3 is 2.47 bits per heavy atom. The van der Waals surface area contributed by atoms with E-state index in [9.17, 15) is 0 Å². The van der Waals surface area contributed by atoms with Gasteiger partial charge in [0.15, 0.2) is 0 Å². The fraction of sp³-hybridized carbons (Fsp3) is 1.00. The van der Waals surface area contributed by atoms with E-state index in [4.69, 9.17) is 4.74 Å². The molecule has 1 spiro atoms. The van der Waals surface area contributed by atoms with E-state index < -0.39 is 0 Å². The largest absolute Gasteiger partial charge is 0.375 e. The molecule has 19 heavy (non-hydrogen) atoms. The molecule has 0 amide bonds. The summed E-state index contributed by atoms with van der Waals surface area (Å²) in [7, 11) is 0. The van der Waals surface area contributed by atoms with Crippen molar-refractivity contribution in [1.29, 1.82) is 0 Å². The first-order valence-corrected chi connectivity index (χ1v) is 8.72. The minimum Gasteiger partial charge on any atom is -0.375 e. The molecule has 4 aliphatic rings. The third kappa shape index (κ3) is 2.15. The Balaban J connectivity index is 1.55. The molecule has 2 unspecified atom stereocenters. The molecule has 2 heteroatoms. The van der Waals surface area contributed by atoms with Gasteiger partial charge in [-0.2, -0.15) is 0 Å². The van der Waals surface area contributed by atoms with Crippen LogP contribution < -0.4 is 5.32 Å². The average molecular weight is 263 g/mol. The zero-order valence-electron chi connectivity index (χ0n) is 12.3. The Hall–Kier alpha value is -0.0800. The summed E-state index contributed by atoms with van der Waals surface area (Å²) >= 11 is 0. The Labute approximate surface area is 117 Å². The van der Waals surface area contributed by atoms with Gasteiger partial charge in [-0.1, -0.05) is 12.8 Å². The predicted molar refractivity (Wildman–Crippen MR) is 77.2 cm³/mol. The van der Waals surface area contributed by atoms with Crippen LogP contribution in [-0.4, -0.2) is 24.3 Å². The molecule has 0 radical (unpaired) electrons. The lowest BCUT2D eigenvalue weighted by Gasteiger charge is -2.53. The number of nitrogens with one attached hydrogen (secondary N) is 1. The van der Waals surface area contributed by atoms with E-state index in [1.165, 1.54) is 77.2 Å². The van der Waals surface area contributed by atoms with Crippen molar-refractivity contribution in [3.63, 3.8) is 0 Å². The van der Waals surface area contributed by atoms with Crippen LogP contribution in [0.4, 0.5) is 0 Å². The summed E-state index contributed by atoms with van der Waals surface area (Å²) < 4.78 is 6.17. The third-order valence-corrected chi connectivity index (χ3v) is 6.51. The molecule has 4 fully saturated rings. The molecule has 2 aliphatic carbocycles. The normalized spacial score (nSPS) is 42.6. The number of hydrogen-bond donors (Lipinski definition) is 1. The maximum Gasteiger partial charge on any atom is 0.0686 e. The Bertz CT molecular complexity index is 324. The fourth-order valence-electron chi connectivity index (χ4n) is 5.14. The van der Waals surface area contributed by atoms with Crippen LogP contribution in [0.1, 0.15) is 70.6 Å². The smallest absolute Gasteiger partial charge is 0.0686 e. The summed E-state index contributed by atoms with van der Waals surface area (Å²) in [5, 5.41) is 4.06. The SMILES string of the molecule is C1CCNC(C2CC2)(C2CCOC3(CCC3)C2)CC1. The molecule has 0 aromatic rings. The molecule has 2 nitrogen and oxygen atoms in total. The van der Waals surface area contributed by atoms with Crippen LogP contribution in [0.5, 0.6) is 0 Å². The molecule has 0 aromatic heterocycles. The van der Waals surface area contributed by atoms with Gasteiger partial charge < -0.3 is 10.1 Å². The first kappa shape index (κ1) is 12.6. The maximum absolute atomic E-state index is 6.17. The van der Waals surface area contributed by atoms with Gasteiger partial charge in [0, 0.05) is 12.1 Å². The zero-order valence-corrected chi connectivity index (χ0v) is 12.3. The zero-order chi connectivity index (χ0) is 12.8. The molecular formula is C17H29NO. The van der Waals surface area contributed by atoms with E-state index in [-0.39, 0.29) is 0 Å². The molecular weight excluding hydrogens is 234 g/mol. The molecule has 2 saturated heterocycles. The molecule has 108 valence electrons. The van der Waals surface area contributed by atoms with Gasteiger partial charge in [-0.25, -0.2) is 0 Å². The number of rotatable bonds is 2. The summed E-state index contributed by atoms with van der Waals surface area (Å²) in [6, 6.07) is 0. The van der Waals surface area contributed by atoms with Gasteiger partial charge >= 0.3 is 0 Å². The van der Waals surface area contributed by atoms with E-state index in [1.54, 1.807) is 0 Å². The van der Waals surface area contributed by atoms with Crippen molar-refractivity contribution < 1.29 is 4.74 Å².